The van der Waals surface area contributed by atoms with E-state index in [1.807, 2.05) is 54.6 Å². The summed E-state index contributed by atoms with van der Waals surface area (Å²) in [6, 6.07) is 26.1. The van der Waals surface area contributed by atoms with Gasteiger partial charge in [-0.05, 0) is 24.3 Å². The zero-order valence-corrected chi connectivity index (χ0v) is 14.8. The van der Waals surface area contributed by atoms with Crippen LogP contribution in [0.2, 0.25) is 0 Å². The molecule has 1 heterocycles. The van der Waals surface area contributed by atoms with Crippen molar-refractivity contribution in [1.82, 2.24) is 4.98 Å². The van der Waals surface area contributed by atoms with E-state index in [1.54, 1.807) is 37.4 Å². The zero-order chi connectivity index (χ0) is 18.6. The van der Waals surface area contributed by atoms with Crippen LogP contribution in [0.5, 0.6) is 11.5 Å². The van der Waals surface area contributed by atoms with E-state index in [4.69, 9.17) is 14.5 Å². The minimum atomic E-state index is -0.431. The Morgan fingerprint density at radius 2 is 1.56 bits per heavy atom. The van der Waals surface area contributed by atoms with Gasteiger partial charge < -0.3 is 9.47 Å². The third-order valence-corrected chi connectivity index (χ3v) is 4.26. The topological polar surface area (TPSA) is 48.4 Å². The van der Waals surface area contributed by atoms with E-state index in [1.165, 1.54) is 0 Å². The van der Waals surface area contributed by atoms with E-state index in [-0.39, 0.29) is 0 Å². The fraction of sp³-hybridized carbons (Fsp3) is 0.0435. The molecular formula is C23H17NO3. The van der Waals surface area contributed by atoms with Crippen molar-refractivity contribution in [3.05, 3.63) is 90.5 Å². The van der Waals surface area contributed by atoms with Crippen molar-refractivity contribution in [2.75, 3.05) is 7.11 Å². The van der Waals surface area contributed by atoms with E-state index in [0.29, 0.717) is 17.1 Å². The van der Waals surface area contributed by atoms with Crippen LogP contribution in [0.3, 0.4) is 0 Å². The number of carbonyl (C=O) groups is 1. The van der Waals surface area contributed by atoms with Gasteiger partial charge in [-0.3, -0.25) is 0 Å². The number of esters is 1. The van der Waals surface area contributed by atoms with Gasteiger partial charge >= 0.3 is 5.97 Å². The van der Waals surface area contributed by atoms with Crippen LogP contribution < -0.4 is 9.47 Å². The Morgan fingerprint density at radius 3 is 2.37 bits per heavy atom. The maximum atomic E-state index is 12.9. The number of rotatable bonds is 4. The van der Waals surface area contributed by atoms with E-state index in [2.05, 4.69) is 0 Å². The zero-order valence-electron chi connectivity index (χ0n) is 14.8. The summed E-state index contributed by atoms with van der Waals surface area (Å²) in [6.07, 6.45) is 0. The second-order valence-electron chi connectivity index (χ2n) is 6.01. The SMILES string of the molecule is COc1cccc(OC(=O)c2cc(-c3ccccc3)nc3ccccc23)c1. The highest BCUT2D eigenvalue weighted by Gasteiger charge is 2.16. The fourth-order valence-corrected chi connectivity index (χ4v) is 2.93. The molecule has 0 fully saturated rings. The maximum absolute atomic E-state index is 12.9. The molecule has 0 amide bonds. The van der Waals surface area contributed by atoms with Crippen LogP contribution in [0.15, 0.2) is 84.9 Å². The first kappa shape index (κ1) is 16.8. The summed E-state index contributed by atoms with van der Waals surface area (Å²) >= 11 is 0. The van der Waals surface area contributed by atoms with Crippen molar-refractivity contribution in [2.24, 2.45) is 0 Å². The quantitative estimate of drug-likeness (QED) is 0.376. The van der Waals surface area contributed by atoms with Crippen molar-refractivity contribution in [3.63, 3.8) is 0 Å². The van der Waals surface area contributed by atoms with Gasteiger partial charge in [0.15, 0.2) is 0 Å². The number of methoxy groups -OCH3 is 1. The van der Waals surface area contributed by atoms with Crippen molar-refractivity contribution < 1.29 is 14.3 Å². The number of ether oxygens (including phenoxy) is 2. The summed E-state index contributed by atoms with van der Waals surface area (Å²) in [6.45, 7) is 0. The molecule has 0 atom stereocenters. The molecule has 132 valence electrons. The van der Waals surface area contributed by atoms with Gasteiger partial charge in [-0.2, -0.15) is 0 Å². The second-order valence-corrected chi connectivity index (χ2v) is 6.01. The summed E-state index contributed by atoms with van der Waals surface area (Å²) < 4.78 is 10.8. The molecule has 0 aliphatic heterocycles. The Labute approximate surface area is 157 Å². The van der Waals surface area contributed by atoms with Crippen LogP contribution in [0.1, 0.15) is 10.4 Å². The van der Waals surface area contributed by atoms with Crippen molar-refractivity contribution >= 4 is 16.9 Å². The number of benzene rings is 3. The number of carbonyl (C=O) groups excluding carboxylic acids is 1. The van der Waals surface area contributed by atoms with E-state index < -0.39 is 5.97 Å². The molecule has 0 aliphatic carbocycles. The third-order valence-electron chi connectivity index (χ3n) is 4.26. The number of hydrogen-bond acceptors (Lipinski definition) is 4. The van der Waals surface area contributed by atoms with Gasteiger partial charge in [0.05, 0.1) is 23.9 Å². The molecule has 4 rings (SSSR count). The lowest BCUT2D eigenvalue weighted by molar-refractivity contribution is 0.0736. The molecular weight excluding hydrogens is 338 g/mol. The Balaban J connectivity index is 1.78. The van der Waals surface area contributed by atoms with Gasteiger partial charge in [0.25, 0.3) is 0 Å². The predicted molar refractivity (Wildman–Crippen MR) is 105 cm³/mol. The largest absolute Gasteiger partial charge is 0.497 e. The Kier molecular flexibility index (Phi) is 4.54. The summed E-state index contributed by atoms with van der Waals surface area (Å²) in [5.41, 5.74) is 2.89. The van der Waals surface area contributed by atoms with Crippen molar-refractivity contribution in [1.29, 1.82) is 0 Å². The smallest absolute Gasteiger partial charge is 0.344 e. The van der Waals surface area contributed by atoms with Crippen LogP contribution in [0.4, 0.5) is 0 Å². The number of pyridine rings is 1. The van der Waals surface area contributed by atoms with Crippen LogP contribution in [-0.2, 0) is 0 Å². The first-order valence-electron chi connectivity index (χ1n) is 8.56. The van der Waals surface area contributed by atoms with E-state index in [0.717, 1.165) is 22.2 Å². The highest BCUT2D eigenvalue weighted by molar-refractivity contribution is 6.05. The van der Waals surface area contributed by atoms with Gasteiger partial charge in [0.1, 0.15) is 11.5 Å². The molecule has 0 spiro atoms. The molecule has 0 unspecified atom stereocenters. The number of hydrogen-bond donors (Lipinski definition) is 0. The van der Waals surface area contributed by atoms with Crippen LogP contribution >= 0.6 is 0 Å². The van der Waals surface area contributed by atoms with Gasteiger partial charge in [-0.1, -0.05) is 54.6 Å². The minimum Gasteiger partial charge on any atom is -0.497 e. The third kappa shape index (κ3) is 3.51. The van der Waals surface area contributed by atoms with Gasteiger partial charge in [0, 0.05) is 17.0 Å². The molecule has 1 aromatic heterocycles. The molecule has 4 aromatic rings. The summed E-state index contributed by atoms with van der Waals surface area (Å²) in [5, 5.41) is 0.755. The number of fused-ring (bicyclic) bond motifs is 1. The van der Waals surface area contributed by atoms with Crippen molar-refractivity contribution in [2.45, 2.75) is 0 Å². The molecule has 4 heteroatoms. The number of nitrogens with zero attached hydrogens (tertiary/aromatic N) is 1. The maximum Gasteiger partial charge on any atom is 0.344 e. The molecule has 0 aliphatic rings. The highest BCUT2D eigenvalue weighted by atomic mass is 16.5. The number of aromatic nitrogens is 1. The van der Waals surface area contributed by atoms with Crippen molar-refractivity contribution in [3.8, 4) is 22.8 Å². The minimum absolute atomic E-state index is 0.431. The van der Waals surface area contributed by atoms with E-state index in [9.17, 15) is 4.79 Å². The molecule has 0 saturated carbocycles. The first-order chi connectivity index (χ1) is 13.2. The van der Waals surface area contributed by atoms with E-state index >= 15 is 0 Å². The summed E-state index contributed by atoms with van der Waals surface area (Å²) in [5.74, 6) is 0.630. The molecule has 0 N–H and O–H groups in total. The fourth-order valence-electron chi connectivity index (χ4n) is 2.93. The van der Waals surface area contributed by atoms with Crippen LogP contribution in [-0.4, -0.2) is 18.1 Å². The average molecular weight is 355 g/mol. The first-order valence-corrected chi connectivity index (χ1v) is 8.56. The Morgan fingerprint density at radius 1 is 0.815 bits per heavy atom. The molecule has 0 saturated heterocycles. The Hall–Kier alpha value is -3.66. The van der Waals surface area contributed by atoms with Gasteiger partial charge in [0.2, 0.25) is 0 Å². The lowest BCUT2D eigenvalue weighted by Gasteiger charge is -2.10. The molecule has 27 heavy (non-hydrogen) atoms. The number of para-hydroxylation sites is 1. The second kappa shape index (κ2) is 7.30. The van der Waals surface area contributed by atoms with Crippen LogP contribution in [0, 0.1) is 0 Å². The lowest BCUT2D eigenvalue weighted by Crippen LogP contribution is -2.10. The summed E-state index contributed by atoms with van der Waals surface area (Å²) in [4.78, 5) is 17.6. The predicted octanol–water partition coefficient (Wildman–Crippen LogP) is 5.13. The normalized spacial score (nSPS) is 10.6. The molecule has 0 radical (unpaired) electrons. The molecule has 4 nitrogen and oxygen atoms in total. The Bertz CT molecular complexity index is 1110. The molecule has 0 bridgehead atoms. The van der Waals surface area contributed by atoms with Gasteiger partial charge in [-0.15, -0.1) is 0 Å². The summed E-state index contributed by atoms with van der Waals surface area (Å²) in [7, 11) is 1.57. The standard InChI is InChI=1S/C23H17NO3/c1-26-17-10-7-11-18(14-17)27-23(25)20-15-22(16-8-3-2-4-9-16)24-21-13-6-5-12-19(20)21/h2-15H,1H3. The van der Waals surface area contributed by atoms with Gasteiger partial charge in [-0.25, -0.2) is 9.78 Å². The molecule has 3 aromatic carbocycles. The average Bonchev–Trinajstić information content (AvgIpc) is 2.73. The monoisotopic (exact) mass is 355 g/mol. The highest BCUT2D eigenvalue weighted by Crippen LogP contribution is 2.26. The van der Waals surface area contributed by atoms with Crippen LogP contribution in [0.25, 0.3) is 22.2 Å². The lowest BCUT2D eigenvalue weighted by atomic mass is 10.0.